The van der Waals surface area contributed by atoms with Crippen molar-refractivity contribution in [3.8, 4) is 5.75 Å². The minimum Gasteiger partial charge on any atom is -0.492 e. The zero-order valence-corrected chi connectivity index (χ0v) is 13.2. The molecule has 0 unspecified atom stereocenters. The summed E-state index contributed by atoms with van der Waals surface area (Å²) < 4.78 is 37.2. The molecule has 118 valence electrons. The Bertz CT molecular complexity index is 572. The number of sulfonamides is 1. The summed E-state index contributed by atoms with van der Waals surface area (Å²) in [4.78, 5) is 0.0577. The van der Waals surface area contributed by atoms with E-state index in [0.29, 0.717) is 18.9 Å². The maximum Gasteiger partial charge on any atom is 0.247 e. The molecule has 21 heavy (non-hydrogen) atoms. The highest BCUT2D eigenvalue weighted by Gasteiger charge is 2.27. The molecular formula is C14H22N2O4S. The third-order valence-corrected chi connectivity index (χ3v) is 4.65. The lowest BCUT2D eigenvalue weighted by Gasteiger charge is -2.22. The predicted molar refractivity (Wildman–Crippen MR) is 82.9 cm³/mol. The first kappa shape index (κ1) is 17.5. The number of nitrogen functional groups attached to an aromatic ring is 1. The third kappa shape index (κ3) is 4.45. The Labute approximate surface area is 126 Å². The van der Waals surface area contributed by atoms with Crippen molar-refractivity contribution < 1.29 is 17.9 Å². The first-order valence-electron chi connectivity index (χ1n) is 6.59. The summed E-state index contributed by atoms with van der Waals surface area (Å²) in [5, 5.41) is 0. The highest BCUT2D eigenvalue weighted by molar-refractivity contribution is 7.89. The highest BCUT2D eigenvalue weighted by atomic mass is 32.2. The molecule has 0 aromatic heterocycles. The number of ether oxygens (including phenoxy) is 2. The van der Waals surface area contributed by atoms with E-state index in [1.165, 1.54) is 23.6 Å². The average molecular weight is 314 g/mol. The van der Waals surface area contributed by atoms with Crippen LogP contribution in [0.15, 0.2) is 35.7 Å². The Kier molecular flexibility index (Phi) is 6.67. The van der Waals surface area contributed by atoms with Gasteiger partial charge in [0.25, 0.3) is 0 Å². The molecule has 0 fully saturated rings. The zero-order chi connectivity index (χ0) is 15.9. The lowest BCUT2D eigenvalue weighted by Crippen LogP contribution is -2.34. The van der Waals surface area contributed by atoms with Crippen LogP contribution in [0.5, 0.6) is 5.75 Å². The second-order valence-corrected chi connectivity index (χ2v) is 6.19. The molecule has 0 spiro atoms. The second kappa shape index (κ2) is 8.02. The molecule has 1 aromatic rings. The molecule has 0 heterocycles. The van der Waals surface area contributed by atoms with E-state index in [9.17, 15) is 8.42 Å². The van der Waals surface area contributed by atoms with E-state index in [1.54, 1.807) is 19.1 Å². The van der Waals surface area contributed by atoms with Gasteiger partial charge in [0.1, 0.15) is 10.6 Å². The van der Waals surface area contributed by atoms with Gasteiger partial charge in [-0.1, -0.05) is 6.08 Å². The summed E-state index contributed by atoms with van der Waals surface area (Å²) in [5.74, 6) is 0.290. The monoisotopic (exact) mass is 314 g/mol. The van der Waals surface area contributed by atoms with Crippen molar-refractivity contribution in [2.45, 2.75) is 11.8 Å². The molecule has 0 saturated carbocycles. The van der Waals surface area contributed by atoms with Gasteiger partial charge in [0, 0.05) is 25.9 Å². The molecular weight excluding hydrogens is 292 g/mol. The van der Waals surface area contributed by atoms with Gasteiger partial charge in [-0.05, 0) is 25.1 Å². The largest absolute Gasteiger partial charge is 0.492 e. The third-order valence-electron chi connectivity index (χ3n) is 2.76. The lowest BCUT2D eigenvalue weighted by molar-refractivity contribution is 0.182. The van der Waals surface area contributed by atoms with Gasteiger partial charge in [-0.25, -0.2) is 8.42 Å². The van der Waals surface area contributed by atoms with Gasteiger partial charge in [-0.2, -0.15) is 4.31 Å². The molecule has 7 heteroatoms. The summed E-state index contributed by atoms with van der Waals surface area (Å²) in [6.45, 7) is 6.45. The molecule has 0 aliphatic carbocycles. The molecule has 1 aromatic carbocycles. The highest BCUT2D eigenvalue weighted by Crippen LogP contribution is 2.29. The van der Waals surface area contributed by atoms with Crippen LogP contribution in [0.3, 0.4) is 0 Å². The van der Waals surface area contributed by atoms with E-state index in [1.807, 2.05) is 0 Å². The molecule has 0 radical (unpaired) electrons. The van der Waals surface area contributed by atoms with Crippen LogP contribution < -0.4 is 10.5 Å². The van der Waals surface area contributed by atoms with Crippen molar-refractivity contribution in [1.82, 2.24) is 4.31 Å². The Morgan fingerprint density at radius 1 is 1.43 bits per heavy atom. The van der Waals surface area contributed by atoms with Gasteiger partial charge in [-0.15, -0.1) is 6.58 Å². The van der Waals surface area contributed by atoms with Gasteiger partial charge < -0.3 is 15.2 Å². The Balaban J connectivity index is 3.25. The van der Waals surface area contributed by atoms with E-state index in [0.717, 1.165) is 0 Å². The molecule has 0 atom stereocenters. The number of hydrogen-bond donors (Lipinski definition) is 1. The second-order valence-electron chi connectivity index (χ2n) is 4.28. The van der Waals surface area contributed by atoms with Gasteiger partial charge in [0.2, 0.25) is 10.0 Å². The van der Waals surface area contributed by atoms with E-state index < -0.39 is 10.0 Å². The summed E-state index contributed by atoms with van der Waals surface area (Å²) in [5.41, 5.74) is 6.07. The van der Waals surface area contributed by atoms with Crippen LogP contribution in [0.1, 0.15) is 6.92 Å². The maximum atomic E-state index is 12.8. The Morgan fingerprint density at radius 2 is 2.14 bits per heavy atom. The van der Waals surface area contributed by atoms with Crippen molar-refractivity contribution in [3.63, 3.8) is 0 Å². The minimum absolute atomic E-state index is 0.0577. The van der Waals surface area contributed by atoms with Gasteiger partial charge in [-0.3, -0.25) is 0 Å². The van der Waals surface area contributed by atoms with Crippen LogP contribution in [-0.2, 0) is 14.8 Å². The number of methoxy groups -OCH3 is 1. The molecule has 0 amide bonds. The van der Waals surface area contributed by atoms with Crippen LogP contribution in [0.2, 0.25) is 0 Å². The van der Waals surface area contributed by atoms with Gasteiger partial charge in [0.05, 0.1) is 13.2 Å². The molecule has 0 aliphatic rings. The number of nitrogens with two attached hydrogens (primary N) is 1. The number of benzene rings is 1. The smallest absolute Gasteiger partial charge is 0.247 e. The van der Waals surface area contributed by atoms with Crippen molar-refractivity contribution in [1.29, 1.82) is 0 Å². The van der Waals surface area contributed by atoms with Crippen molar-refractivity contribution >= 4 is 15.7 Å². The molecule has 0 aliphatic heterocycles. The van der Waals surface area contributed by atoms with Crippen LogP contribution in [0, 0.1) is 0 Å². The van der Waals surface area contributed by atoms with Crippen LogP contribution in [0.4, 0.5) is 5.69 Å². The van der Waals surface area contributed by atoms with Crippen molar-refractivity contribution in [2.75, 3.05) is 39.1 Å². The standard InChI is InChI=1S/C14H22N2O4S/c1-4-8-16(9-10-19-3)21(17,18)14-11-12(15)6-7-13(14)20-5-2/h4,6-7,11H,1,5,8-10,15H2,2-3H3. The first-order valence-corrected chi connectivity index (χ1v) is 8.03. The predicted octanol–water partition coefficient (Wildman–Crippen LogP) is 1.49. The van der Waals surface area contributed by atoms with Crippen LogP contribution in [0.25, 0.3) is 0 Å². The van der Waals surface area contributed by atoms with Crippen molar-refractivity contribution in [2.24, 2.45) is 0 Å². The normalized spacial score (nSPS) is 11.6. The number of hydrogen-bond acceptors (Lipinski definition) is 5. The summed E-state index contributed by atoms with van der Waals surface area (Å²) >= 11 is 0. The maximum absolute atomic E-state index is 12.8. The van der Waals surface area contributed by atoms with E-state index in [2.05, 4.69) is 6.58 Å². The fourth-order valence-electron chi connectivity index (χ4n) is 1.79. The summed E-state index contributed by atoms with van der Waals surface area (Å²) in [6, 6.07) is 4.58. The van der Waals surface area contributed by atoms with Gasteiger partial charge in [0.15, 0.2) is 0 Å². The fraction of sp³-hybridized carbons (Fsp3) is 0.429. The van der Waals surface area contributed by atoms with E-state index in [4.69, 9.17) is 15.2 Å². The first-order chi connectivity index (χ1) is 9.97. The zero-order valence-electron chi connectivity index (χ0n) is 12.4. The Hall–Kier alpha value is -1.57. The molecule has 0 bridgehead atoms. The Morgan fingerprint density at radius 3 is 2.71 bits per heavy atom. The van der Waals surface area contributed by atoms with Crippen LogP contribution in [-0.4, -0.2) is 46.1 Å². The molecule has 2 N–H and O–H groups in total. The quantitative estimate of drug-likeness (QED) is 0.551. The average Bonchev–Trinajstić information content (AvgIpc) is 2.45. The number of rotatable bonds is 9. The molecule has 6 nitrogen and oxygen atoms in total. The lowest BCUT2D eigenvalue weighted by atomic mass is 10.3. The van der Waals surface area contributed by atoms with Crippen molar-refractivity contribution in [3.05, 3.63) is 30.9 Å². The SMILES string of the molecule is C=CCN(CCOC)S(=O)(=O)c1cc(N)ccc1OCC. The fourth-order valence-corrected chi connectivity index (χ4v) is 3.35. The number of anilines is 1. The molecule has 0 saturated heterocycles. The van der Waals surface area contributed by atoms with Crippen LogP contribution >= 0.6 is 0 Å². The minimum atomic E-state index is -3.73. The van der Waals surface area contributed by atoms with E-state index >= 15 is 0 Å². The summed E-state index contributed by atoms with van der Waals surface area (Å²) in [7, 11) is -2.22. The topological polar surface area (TPSA) is 81.9 Å². The summed E-state index contributed by atoms with van der Waals surface area (Å²) in [6.07, 6.45) is 1.53. The van der Waals surface area contributed by atoms with Gasteiger partial charge >= 0.3 is 0 Å². The number of nitrogens with zero attached hydrogens (tertiary/aromatic N) is 1. The van der Waals surface area contributed by atoms with E-state index in [-0.39, 0.29) is 23.7 Å². The molecule has 1 rings (SSSR count).